The van der Waals surface area contributed by atoms with Crippen LogP contribution in [0.25, 0.3) is 0 Å². The van der Waals surface area contributed by atoms with E-state index in [1.165, 1.54) is 0 Å². The van der Waals surface area contributed by atoms with Gasteiger partial charge in [-0.1, -0.05) is 19.9 Å². The minimum absolute atomic E-state index is 0.245. The van der Waals surface area contributed by atoms with Gasteiger partial charge in [-0.3, -0.25) is 0 Å². The molecule has 0 radical (unpaired) electrons. The van der Waals surface area contributed by atoms with Crippen LogP contribution in [-0.4, -0.2) is 42.4 Å². The molecule has 0 spiro atoms. The van der Waals surface area contributed by atoms with Crippen LogP contribution in [0.1, 0.15) is 25.8 Å². The van der Waals surface area contributed by atoms with Crippen molar-refractivity contribution in [3.8, 4) is 11.8 Å². The highest BCUT2D eigenvalue weighted by atomic mass is 16.5. The molecule has 1 rings (SSSR count). The summed E-state index contributed by atoms with van der Waals surface area (Å²) in [6.45, 7) is 6.97. The third kappa shape index (κ3) is 5.73. The lowest BCUT2D eigenvalue weighted by atomic mass is 10.2. The van der Waals surface area contributed by atoms with Crippen LogP contribution in [0.15, 0.2) is 24.3 Å². The van der Waals surface area contributed by atoms with Gasteiger partial charge in [0.25, 0.3) is 0 Å². The number of hydrogen-bond acceptors (Lipinski definition) is 4. The molecule has 4 nitrogen and oxygen atoms in total. The van der Waals surface area contributed by atoms with Crippen LogP contribution in [0.4, 0.5) is 0 Å². The summed E-state index contributed by atoms with van der Waals surface area (Å²) >= 11 is 0. The molecule has 0 aliphatic heterocycles. The van der Waals surface area contributed by atoms with Crippen molar-refractivity contribution in [1.29, 1.82) is 5.26 Å². The number of rotatable bonds is 8. The highest BCUT2D eigenvalue weighted by Gasteiger charge is 2.10. The number of aliphatic hydroxyl groups excluding tert-OH is 1. The molecule has 0 bridgehead atoms. The molecule has 0 aliphatic rings. The Bertz CT molecular complexity index is 415. The summed E-state index contributed by atoms with van der Waals surface area (Å²) in [6, 6.07) is 9.03. The van der Waals surface area contributed by atoms with E-state index >= 15 is 0 Å². The lowest BCUT2D eigenvalue weighted by Gasteiger charge is -2.23. The number of aliphatic hydroxyl groups is 1. The minimum atomic E-state index is -0.516. The Kier molecular flexibility index (Phi) is 6.94. The van der Waals surface area contributed by atoms with Gasteiger partial charge in [0.2, 0.25) is 0 Å². The van der Waals surface area contributed by atoms with Crippen LogP contribution in [0, 0.1) is 11.3 Å². The van der Waals surface area contributed by atoms with Gasteiger partial charge in [-0.05, 0) is 37.7 Å². The van der Waals surface area contributed by atoms with E-state index in [1.807, 2.05) is 0 Å². The molecule has 1 unspecified atom stereocenters. The highest BCUT2D eigenvalue weighted by Crippen LogP contribution is 2.12. The Morgan fingerprint density at radius 2 is 2.21 bits per heavy atom. The van der Waals surface area contributed by atoms with E-state index in [9.17, 15) is 5.11 Å². The van der Waals surface area contributed by atoms with E-state index in [1.54, 1.807) is 24.3 Å². The van der Waals surface area contributed by atoms with Gasteiger partial charge in [0.15, 0.2) is 0 Å². The van der Waals surface area contributed by atoms with Gasteiger partial charge in [-0.15, -0.1) is 0 Å². The standard InChI is InChI=1S/C15H22N2O2/c1-3-8-17(4-2)11-14(18)12-19-15-7-5-6-13(9-15)10-16/h5-7,9,14,18H,3-4,8,11-12H2,1-2H3. The summed E-state index contributed by atoms with van der Waals surface area (Å²) in [7, 11) is 0. The summed E-state index contributed by atoms with van der Waals surface area (Å²) in [6.07, 6.45) is 0.559. The normalized spacial score (nSPS) is 12.2. The van der Waals surface area contributed by atoms with Crippen molar-refractivity contribution < 1.29 is 9.84 Å². The van der Waals surface area contributed by atoms with Gasteiger partial charge >= 0.3 is 0 Å². The fraction of sp³-hybridized carbons (Fsp3) is 0.533. The number of benzene rings is 1. The molecule has 0 heterocycles. The second-order valence-corrected chi connectivity index (χ2v) is 4.50. The van der Waals surface area contributed by atoms with Crippen molar-refractivity contribution in [3.63, 3.8) is 0 Å². The fourth-order valence-electron chi connectivity index (χ4n) is 1.89. The second kappa shape index (κ2) is 8.52. The Morgan fingerprint density at radius 3 is 2.84 bits per heavy atom. The van der Waals surface area contributed by atoms with E-state index in [0.29, 0.717) is 17.9 Å². The highest BCUT2D eigenvalue weighted by molar-refractivity contribution is 5.36. The van der Waals surface area contributed by atoms with Crippen LogP contribution < -0.4 is 4.74 Å². The first-order chi connectivity index (χ1) is 9.19. The average molecular weight is 262 g/mol. The molecule has 0 aliphatic carbocycles. The van der Waals surface area contributed by atoms with E-state index in [0.717, 1.165) is 19.5 Å². The van der Waals surface area contributed by atoms with Crippen LogP contribution in [0.5, 0.6) is 5.75 Å². The third-order valence-electron chi connectivity index (χ3n) is 2.86. The number of ether oxygens (including phenoxy) is 1. The zero-order valence-corrected chi connectivity index (χ0v) is 11.7. The quantitative estimate of drug-likeness (QED) is 0.779. The maximum Gasteiger partial charge on any atom is 0.120 e. The Morgan fingerprint density at radius 1 is 1.42 bits per heavy atom. The van der Waals surface area contributed by atoms with Crippen molar-refractivity contribution in [2.45, 2.75) is 26.4 Å². The van der Waals surface area contributed by atoms with Gasteiger partial charge in [0, 0.05) is 6.54 Å². The molecular weight excluding hydrogens is 240 g/mol. The summed E-state index contributed by atoms with van der Waals surface area (Å²) in [5.74, 6) is 0.622. The first kappa shape index (κ1) is 15.5. The Hall–Kier alpha value is -1.57. The maximum absolute atomic E-state index is 9.93. The summed E-state index contributed by atoms with van der Waals surface area (Å²) in [4.78, 5) is 2.19. The van der Waals surface area contributed by atoms with Crippen molar-refractivity contribution in [3.05, 3.63) is 29.8 Å². The zero-order valence-electron chi connectivity index (χ0n) is 11.7. The first-order valence-corrected chi connectivity index (χ1v) is 6.73. The molecule has 0 amide bonds. The topological polar surface area (TPSA) is 56.5 Å². The van der Waals surface area contributed by atoms with Crippen LogP contribution in [0.2, 0.25) is 0 Å². The molecule has 104 valence electrons. The SMILES string of the molecule is CCCN(CC)CC(O)COc1cccc(C#N)c1. The molecule has 1 aromatic rings. The van der Waals surface area contributed by atoms with Crippen LogP contribution >= 0.6 is 0 Å². The second-order valence-electron chi connectivity index (χ2n) is 4.50. The number of likely N-dealkylation sites (N-methyl/N-ethyl adjacent to an activating group) is 1. The summed E-state index contributed by atoms with van der Waals surface area (Å²) < 4.78 is 5.51. The van der Waals surface area contributed by atoms with Gasteiger partial charge in [-0.25, -0.2) is 0 Å². The zero-order chi connectivity index (χ0) is 14.1. The summed E-state index contributed by atoms with van der Waals surface area (Å²) in [5, 5.41) is 18.7. The van der Waals surface area contributed by atoms with E-state index in [-0.39, 0.29) is 6.61 Å². The van der Waals surface area contributed by atoms with Crippen molar-refractivity contribution in [2.24, 2.45) is 0 Å². The average Bonchev–Trinajstić information content (AvgIpc) is 2.45. The Balaban J connectivity index is 2.40. The molecule has 1 atom stereocenters. The van der Waals surface area contributed by atoms with Gasteiger partial charge < -0.3 is 14.7 Å². The molecule has 0 fully saturated rings. The predicted molar refractivity (Wildman–Crippen MR) is 75.1 cm³/mol. The minimum Gasteiger partial charge on any atom is -0.491 e. The maximum atomic E-state index is 9.93. The number of nitriles is 1. The van der Waals surface area contributed by atoms with Crippen LogP contribution in [0.3, 0.4) is 0 Å². The largest absolute Gasteiger partial charge is 0.491 e. The Labute approximate surface area is 115 Å². The number of hydrogen-bond donors (Lipinski definition) is 1. The van der Waals surface area contributed by atoms with Crippen molar-refractivity contribution in [1.82, 2.24) is 4.90 Å². The molecular formula is C15H22N2O2. The van der Waals surface area contributed by atoms with Crippen molar-refractivity contribution in [2.75, 3.05) is 26.2 Å². The summed E-state index contributed by atoms with van der Waals surface area (Å²) in [5.41, 5.74) is 0.563. The third-order valence-corrected chi connectivity index (χ3v) is 2.86. The molecule has 0 saturated carbocycles. The van der Waals surface area contributed by atoms with Gasteiger partial charge in [0.05, 0.1) is 11.6 Å². The lowest BCUT2D eigenvalue weighted by molar-refractivity contribution is 0.0699. The van der Waals surface area contributed by atoms with E-state index in [2.05, 4.69) is 24.8 Å². The first-order valence-electron chi connectivity index (χ1n) is 6.73. The van der Waals surface area contributed by atoms with E-state index in [4.69, 9.17) is 10.00 Å². The molecule has 19 heavy (non-hydrogen) atoms. The molecule has 1 aromatic carbocycles. The fourth-order valence-corrected chi connectivity index (χ4v) is 1.89. The molecule has 4 heteroatoms. The molecule has 0 aromatic heterocycles. The lowest BCUT2D eigenvalue weighted by Crippen LogP contribution is -2.36. The van der Waals surface area contributed by atoms with Gasteiger partial charge in [-0.2, -0.15) is 5.26 Å². The molecule has 1 N–H and O–H groups in total. The smallest absolute Gasteiger partial charge is 0.120 e. The van der Waals surface area contributed by atoms with Gasteiger partial charge in [0.1, 0.15) is 18.5 Å². The van der Waals surface area contributed by atoms with Crippen LogP contribution in [-0.2, 0) is 0 Å². The van der Waals surface area contributed by atoms with Crippen molar-refractivity contribution >= 4 is 0 Å². The number of nitrogens with zero attached hydrogens (tertiary/aromatic N) is 2. The molecule has 0 saturated heterocycles. The van der Waals surface area contributed by atoms with E-state index < -0.39 is 6.10 Å². The monoisotopic (exact) mass is 262 g/mol. The predicted octanol–water partition coefficient (Wildman–Crippen LogP) is 2.03.